The Morgan fingerprint density at radius 1 is 1.44 bits per heavy atom. The summed E-state index contributed by atoms with van der Waals surface area (Å²) in [6.07, 6.45) is 0. The molecule has 0 aliphatic rings. The third-order valence-corrected chi connectivity index (χ3v) is 2.09. The van der Waals surface area contributed by atoms with Gasteiger partial charge < -0.3 is 21.3 Å². The molecule has 0 aromatic heterocycles. The molecule has 4 nitrogen and oxygen atoms in total. The van der Waals surface area contributed by atoms with E-state index in [0.29, 0.717) is 6.07 Å². The summed E-state index contributed by atoms with van der Waals surface area (Å²) in [6.45, 7) is 0.833. The minimum atomic E-state index is -1.38. The third kappa shape index (κ3) is 3.04. The van der Waals surface area contributed by atoms with Gasteiger partial charge in [-0.15, -0.1) is 0 Å². The van der Waals surface area contributed by atoms with E-state index >= 15 is 0 Å². The molecule has 0 saturated heterocycles. The highest BCUT2D eigenvalue weighted by Crippen LogP contribution is 2.23. The molecule has 90 valence electrons. The van der Waals surface area contributed by atoms with Crippen LogP contribution in [0.5, 0.6) is 0 Å². The van der Waals surface area contributed by atoms with Gasteiger partial charge in [-0.05, 0) is 13.0 Å². The lowest BCUT2D eigenvalue weighted by Gasteiger charge is -2.22. The van der Waals surface area contributed by atoms with Gasteiger partial charge >= 0.3 is 0 Å². The molecular weight excluding hydrogens is 218 g/mol. The van der Waals surface area contributed by atoms with Crippen LogP contribution in [0.2, 0.25) is 0 Å². The molecule has 0 saturated carbocycles. The number of rotatable bonds is 4. The van der Waals surface area contributed by atoms with Crippen LogP contribution in [0.1, 0.15) is 6.92 Å². The van der Waals surface area contributed by atoms with E-state index in [0.717, 1.165) is 6.07 Å². The number of hydrogen-bond donors (Lipinski definition) is 4. The highest BCUT2D eigenvalue weighted by atomic mass is 19.1. The fourth-order valence-corrected chi connectivity index (χ4v) is 1.07. The molecular formula is C10H14F2N2O2. The lowest BCUT2D eigenvalue weighted by Crippen LogP contribution is -2.37. The first-order valence-electron chi connectivity index (χ1n) is 4.67. The van der Waals surface area contributed by atoms with E-state index in [4.69, 9.17) is 10.8 Å². The van der Waals surface area contributed by atoms with Crippen molar-refractivity contribution in [1.29, 1.82) is 0 Å². The molecule has 1 aromatic rings. The van der Waals surface area contributed by atoms with Gasteiger partial charge in [-0.2, -0.15) is 0 Å². The molecule has 0 aliphatic heterocycles. The second-order valence-electron chi connectivity index (χ2n) is 3.86. The highest BCUT2D eigenvalue weighted by Gasteiger charge is 2.19. The zero-order valence-corrected chi connectivity index (χ0v) is 8.80. The fourth-order valence-electron chi connectivity index (χ4n) is 1.07. The van der Waals surface area contributed by atoms with Crippen LogP contribution in [0.3, 0.4) is 0 Å². The van der Waals surface area contributed by atoms with Gasteiger partial charge in [0, 0.05) is 12.6 Å². The van der Waals surface area contributed by atoms with Gasteiger partial charge in [-0.25, -0.2) is 8.78 Å². The van der Waals surface area contributed by atoms with E-state index in [1.54, 1.807) is 0 Å². The Morgan fingerprint density at radius 3 is 2.62 bits per heavy atom. The zero-order chi connectivity index (χ0) is 12.3. The van der Waals surface area contributed by atoms with Crippen molar-refractivity contribution in [2.24, 2.45) is 0 Å². The van der Waals surface area contributed by atoms with Gasteiger partial charge in [-0.3, -0.25) is 0 Å². The number of benzene rings is 1. The van der Waals surface area contributed by atoms with Gasteiger partial charge in [0.25, 0.3) is 0 Å². The number of nitrogen functional groups attached to an aromatic ring is 1. The Balaban J connectivity index is 2.82. The molecule has 1 unspecified atom stereocenters. The standard InChI is InChI=1S/C10H14F2N2O2/c1-10(16,5-15)4-14-8-3-6(11)2-7(12)9(8)13/h2-3,14-16H,4-5,13H2,1H3. The maximum absolute atomic E-state index is 13.0. The molecule has 5 N–H and O–H groups in total. The predicted molar refractivity (Wildman–Crippen MR) is 57.0 cm³/mol. The van der Waals surface area contributed by atoms with Gasteiger partial charge in [0.2, 0.25) is 0 Å². The fraction of sp³-hybridized carbons (Fsp3) is 0.400. The Kier molecular flexibility index (Phi) is 3.66. The normalized spacial score (nSPS) is 14.6. The smallest absolute Gasteiger partial charge is 0.151 e. The summed E-state index contributed by atoms with van der Waals surface area (Å²) >= 11 is 0. The van der Waals surface area contributed by atoms with Crippen LogP contribution in [0, 0.1) is 11.6 Å². The maximum Gasteiger partial charge on any atom is 0.151 e. The Hall–Kier alpha value is -1.40. The Labute approximate surface area is 91.7 Å². The summed E-state index contributed by atoms with van der Waals surface area (Å²) in [5.41, 5.74) is 3.81. The molecule has 1 aromatic carbocycles. The molecule has 16 heavy (non-hydrogen) atoms. The van der Waals surface area contributed by atoms with E-state index in [-0.39, 0.29) is 17.9 Å². The monoisotopic (exact) mass is 232 g/mol. The van der Waals surface area contributed by atoms with Crippen molar-refractivity contribution < 1.29 is 19.0 Å². The van der Waals surface area contributed by atoms with Gasteiger partial charge in [0.1, 0.15) is 11.4 Å². The summed E-state index contributed by atoms with van der Waals surface area (Å²) in [4.78, 5) is 0. The molecule has 0 spiro atoms. The molecule has 1 rings (SSSR count). The number of aliphatic hydroxyl groups is 2. The van der Waals surface area contributed by atoms with Crippen molar-refractivity contribution >= 4 is 11.4 Å². The van der Waals surface area contributed by atoms with Crippen molar-refractivity contribution in [3.8, 4) is 0 Å². The molecule has 6 heteroatoms. The summed E-state index contributed by atoms with van der Waals surface area (Å²) < 4.78 is 25.9. The average Bonchev–Trinajstić information content (AvgIpc) is 2.21. The van der Waals surface area contributed by atoms with Crippen molar-refractivity contribution in [2.75, 3.05) is 24.2 Å². The van der Waals surface area contributed by atoms with Crippen LogP contribution in [0.4, 0.5) is 20.2 Å². The Morgan fingerprint density at radius 2 is 2.06 bits per heavy atom. The van der Waals surface area contributed by atoms with E-state index in [1.807, 2.05) is 0 Å². The highest BCUT2D eigenvalue weighted by molar-refractivity contribution is 5.66. The maximum atomic E-state index is 13.0. The van der Waals surface area contributed by atoms with Crippen LogP contribution in [0.15, 0.2) is 12.1 Å². The second-order valence-corrected chi connectivity index (χ2v) is 3.86. The SMILES string of the molecule is CC(O)(CO)CNc1cc(F)cc(F)c1N. The molecule has 1 atom stereocenters. The number of aliphatic hydroxyl groups excluding tert-OH is 1. The minimum absolute atomic E-state index is 0.0474. The van der Waals surface area contributed by atoms with Crippen molar-refractivity contribution in [3.05, 3.63) is 23.8 Å². The van der Waals surface area contributed by atoms with E-state index < -0.39 is 23.8 Å². The Bertz CT molecular complexity index is 383. The molecule has 0 fully saturated rings. The van der Waals surface area contributed by atoms with Gasteiger partial charge in [-0.1, -0.05) is 0 Å². The molecule has 0 bridgehead atoms. The quantitative estimate of drug-likeness (QED) is 0.576. The number of anilines is 2. The number of hydrogen-bond acceptors (Lipinski definition) is 4. The third-order valence-electron chi connectivity index (χ3n) is 2.09. The first kappa shape index (κ1) is 12.7. The van der Waals surface area contributed by atoms with Crippen LogP contribution < -0.4 is 11.1 Å². The van der Waals surface area contributed by atoms with Gasteiger partial charge in [0.15, 0.2) is 5.82 Å². The number of halogens is 2. The average molecular weight is 232 g/mol. The van der Waals surface area contributed by atoms with Gasteiger partial charge in [0.05, 0.1) is 18.0 Å². The zero-order valence-electron chi connectivity index (χ0n) is 8.80. The first-order chi connectivity index (χ1) is 7.35. The van der Waals surface area contributed by atoms with Crippen molar-refractivity contribution in [3.63, 3.8) is 0 Å². The minimum Gasteiger partial charge on any atom is -0.395 e. The van der Waals surface area contributed by atoms with Crippen LogP contribution in [-0.4, -0.2) is 29.0 Å². The van der Waals surface area contributed by atoms with Crippen molar-refractivity contribution in [2.45, 2.75) is 12.5 Å². The van der Waals surface area contributed by atoms with Crippen LogP contribution in [0.25, 0.3) is 0 Å². The molecule has 0 heterocycles. The summed E-state index contributed by atoms with van der Waals surface area (Å²) in [7, 11) is 0. The van der Waals surface area contributed by atoms with E-state index in [9.17, 15) is 13.9 Å². The molecule has 0 radical (unpaired) electrons. The van der Waals surface area contributed by atoms with Crippen LogP contribution >= 0.6 is 0 Å². The number of nitrogens with two attached hydrogens (primary N) is 1. The van der Waals surface area contributed by atoms with E-state index in [2.05, 4.69) is 5.32 Å². The van der Waals surface area contributed by atoms with E-state index in [1.165, 1.54) is 6.92 Å². The first-order valence-corrected chi connectivity index (χ1v) is 4.67. The topological polar surface area (TPSA) is 78.5 Å². The predicted octanol–water partition coefficient (Wildman–Crippen LogP) is 0.702. The summed E-state index contributed by atoms with van der Waals surface area (Å²) in [5.74, 6) is -1.64. The summed E-state index contributed by atoms with van der Waals surface area (Å²) in [6, 6.07) is 1.69. The summed E-state index contributed by atoms with van der Waals surface area (Å²) in [5, 5.41) is 20.8. The lowest BCUT2D eigenvalue weighted by molar-refractivity contribution is 0.0132. The lowest BCUT2D eigenvalue weighted by atomic mass is 10.1. The number of nitrogens with one attached hydrogen (secondary N) is 1. The largest absolute Gasteiger partial charge is 0.395 e. The molecule has 0 aliphatic carbocycles. The van der Waals surface area contributed by atoms with Crippen molar-refractivity contribution in [1.82, 2.24) is 0 Å². The van der Waals surface area contributed by atoms with Crippen LogP contribution in [-0.2, 0) is 0 Å². The second kappa shape index (κ2) is 4.63. The molecule has 0 amide bonds.